The molecule has 2 rings (SSSR count). The van der Waals surface area contributed by atoms with Crippen LogP contribution in [0.5, 0.6) is 0 Å². The minimum Gasteiger partial charge on any atom is -0.478 e. The zero-order valence-electron chi connectivity index (χ0n) is 11.3. The van der Waals surface area contributed by atoms with Gasteiger partial charge >= 0.3 is 5.97 Å². The van der Waals surface area contributed by atoms with Gasteiger partial charge in [-0.25, -0.2) is 4.79 Å². The van der Waals surface area contributed by atoms with Crippen molar-refractivity contribution in [2.24, 2.45) is 7.05 Å². The van der Waals surface area contributed by atoms with E-state index in [0.29, 0.717) is 16.3 Å². The highest BCUT2D eigenvalue weighted by Gasteiger charge is 2.17. The van der Waals surface area contributed by atoms with Crippen molar-refractivity contribution in [2.75, 3.05) is 5.32 Å². The number of rotatable bonds is 3. The molecule has 2 aromatic rings. The van der Waals surface area contributed by atoms with E-state index in [-0.39, 0.29) is 16.8 Å². The number of anilines is 2. The van der Waals surface area contributed by atoms with Crippen molar-refractivity contribution in [2.45, 2.75) is 6.92 Å². The van der Waals surface area contributed by atoms with Crippen molar-refractivity contribution in [1.82, 2.24) is 4.57 Å². The van der Waals surface area contributed by atoms with Crippen LogP contribution in [0.15, 0.2) is 33.7 Å². The molecule has 5 nitrogen and oxygen atoms in total. The lowest BCUT2D eigenvalue weighted by molar-refractivity contribution is 0.0697. The van der Waals surface area contributed by atoms with Crippen LogP contribution in [-0.2, 0) is 7.05 Å². The molecule has 1 aromatic carbocycles. The number of aromatic nitrogens is 1. The summed E-state index contributed by atoms with van der Waals surface area (Å²) in [6, 6.07) is 5.15. The Morgan fingerprint density at radius 2 is 2.10 bits per heavy atom. The second-order valence-electron chi connectivity index (χ2n) is 4.51. The van der Waals surface area contributed by atoms with Crippen LogP contribution in [0, 0.1) is 6.92 Å². The van der Waals surface area contributed by atoms with Gasteiger partial charge in [0.1, 0.15) is 0 Å². The maximum Gasteiger partial charge on any atom is 0.339 e. The van der Waals surface area contributed by atoms with Crippen LogP contribution in [0.25, 0.3) is 0 Å². The summed E-state index contributed by atoms with van der Waals surface area (Å²) in [5.41, 5.74) is 0.828. The third-order valence-corrected chi connectivity index (χ3v) is 3.84. The average Bonchev–Trinajstić information content (AvgIpc) is 2.41. The largest absolute Gasteiger partial charge is 0.478 e. The number of benzene rings is 1. The van der Waals surface area contributed by atoms with Gasteiger partial charge in [-0.3, -0.25) is 4.79 Å². The van der Waals surface area contributed by atoms with Crippen LogP contribution in [-0.4, -0.2) is 15.6 Å². The summed E-state index contributed by atoms with van der Waals surface area (Å²) >= 11 is 9.41. The second kappa shape index (κ2) is 5.91. The first-order chi connectivity index (χ1) is 9.81. The highest BCUT2D eigenvalue weighted by molar-refractivity contribution is 9.10. The minimum absolute atomic E-state index is 0.00795. The number of aromatic carboxylic acids is 1. The number of carboxylic acids is 1. The van der Waals surface area contributed by atoms with E-state index in [4.69, 9.17) is 11.6 Å². The number of nitrogens with zero attached hydrogens (tertiary/aromatic N) is 1. The van der Waals surface area contributed by atoms with Gasteiger partial charge in [-0.15, -0.1) is 0 Å². The molecular weight excluding hydrogens is 360 g/mol. The minimum atomic E-state index is -1.12. The summed E-state index contributed by atoms with van der Waals surface area (Å²) < 4.78 is 2.05. The van der Waals surface area contributed by atoms with Crippen LogP contribution in [0.3, 0.4) is 0 Å². The van der Waals surface area contributed by atoms with Gasteiger partial charge in [0.2, 0.25) is 0 Å². The molecule has 0 spiro atoms. The summed E-state index contributed by atoms with van der Waals surface area (Å²) in [6.45, 7) is 1.57. The van der Waals surface area contributed by atoms with E-state index >= 15 is 0 Å². The van der Waals surface area contributed by atoms with Gasteiger partial charge < -0.3 is 15.0 Å². The molecule has 2 N–H and O–H groups in total. The maximum absolute atomic E-state index is 12.0. The molecular formula is C14H12BrClN2O3. The Morgan fingerprint density at radius 3 is 2.67 bits per heavy atom. The SMILES string of the molecule is Cc1c(Nc2ccc(Br)cc2Cl)c(C(=O)O)cn(C)c1=O. The fourth-order valence-corrected chi connectivity index (χ4v) is 2.66. The normalized spacial score (nSPS) is 10.5. The molecule has 0 aliphatic heterocycles. The molecule has 7 heteroatoms. The second-order valence-corrected chi connectivity index (χ2v) is 5.84. The first kappa shape index (κ1) is 15.6. The summed E-state index contributed by atoms with van der Waals surface area (Å²) in [7, 11) is 1.51. The van der Waals surface area contributed by atoms with Crippen molar-refractivity contribution in [3.05, 3.63) is 55.4 Å². The maximum atomic E-state index is 12.0. The molecule has 0 aliphatic rings. The zero-order chi connectivity index (χ0) is 15.7. The Balaban J connectivity index is 2.60. The first-order valence-corrected chi connectivity index (χ1v) is 7.14. The molecule has 0 atom stereocenters. The van der Waals surface area contributed by atoms with Crippen molar-refractivity contribution < 1.29 is 9.90 Å². The number of pyridine rings is 1. The molecule has 1 heterocycles. The molecule has 0 amide bonds. The predicted molar refractivity (Wildman–Crippen MR) is 85.8 cm³/mol. The number of halogens is 2. The standard InChI is InChI=1S/C14H12BrClN2O3/c1-7-12(9(14(20)21)6-18(2)13(7)19)17-11-4-3-8(15)5-10(11)16/h3-6,17H,1-2H3,(H,20,21). The third kappa shape index (κ3) is 3.11. The molecule has 0 bridgehead atoms. The van der Waals surface area contributed by atoms with Crippen LogP contribution in [0.2, 0.25) is 5.02 Å². The molecule has 0 fully saturated rings. The van der Waals surface area contributed by atoms with Gasteiger partial charge in [0, 0.05) is 23.3 Å². The van der Waals surface area contributed by atoms with Crippen molar-refractivity contribution >= 4 is 44.9 Å². The van der Waals surface area contributed by atoms with Crippen LogP contribution < -0.4 is 10.9 Å². The highest BCUT2D eigenvalue weighted by Crippen LogP contribution is 2.30. The van der Waals surface area contributed by atoms with E-state index in [2.05, 4.69) is 21.2 Å². The smallest absolute Gasteiger partial charge is 0.339 e. The van der Waals surface area contributed by atoms with E-state index < -0.39 is 5.97 Å². The lowest BCUT2D eigenvalue weighted by atomic mass is 10.1. The number of aryl methyl sites for hydroxylation is 1. The fraction of sp³-hybridized carbons (Fsp3) is 0.143. The number of hydrogen-bond acceptors (Lipinski definition) is 3. The van der Waals surface area contributed by atoms with E-state index in [1.54, 1.807) is 25.1 Å². The average molecular weight is 372 g/mol. The van der Waals surface area contributed by atoms with Gasteiger partial charge in [-0.2, -0.15) is 0 Å². The molecule has 1 aromatic heterocycles. The molecule has 0 saturated carbocycles. The molecule has 0 aliphatic carbocycles. The van der Waals surface area contributed by atoms with Gasteiger partial charge in [-0.05, 0) is 25.1 Å². The van der Waals surface area contributed by atoms with Crippen molar-refractivity contribution in [3.8, 4) is 0 Å². The Morgan fingerprint density at radius 1 is 1.43 bits per heavy atom. The zero-order valence-corrected chi connectivity index (χ0v) is 13.6. The monoisotopic (exact) mass is 370 g/mol. The Bertz CT molecular complexity index is 787. The Kier molecular flexibility index (Phi) is 4.39. The molecule has 21 heavy (non-hydrogen) atoms. The molecule has 0 saturated heterocycles. The van der Waals surface area contributed by atoms with Crippen molar-refractivity contribution in [3.63, 3.8) is 0 Å². The number of carboxylic acid groups (broad SMARTS) is 1. The van der Waals surface area contributed by atoms with Crippen LogP contribution in [0.4, 0.5) is 11.4 Å². The summed E-state index contributed by atoms with van der Waals surface area (Å²) in [5.74, 6) is -1.12. The summed E-state index contributed by atoms with van der Waals surface area (Å²) in [5, 5.41) is 12.7. The number of hydrogen-bond donors (Lipinski definition) is 2. The van der Waals surface area contributed by atoms with Crippen molar-refractivity contribution in [1.29, 1.82) is 0 Å². The van der Waals surface area contributed by atoms with Crippen LogP contribution >= 0.6 is 27.5 Å². The van der Waals surface area contributed by atoms with Gasteiger partial charge in [0.05, 0.1) is 22.0 Å². The Hall–Kier alpha value is -1.79. The predicted octanol–water partition coefficient (Wildman–Crippen LogP) is 3.55. The van der Waals surface area contributed by atoms with E-state index in [9.17, 15) is 14.7 Å². The molecule has 0 unspecified atom stereocenters. The molecule has 110 valence electrons. The first-order valence-electron chi connectivity index (χ1n) is 5.97. The Labute approximate surface area is 134 Å². The topological polar surface area (TPSA) is 71.3 Å². The van der Waals surface area contributed by atoms with E-state index in [0.717, 1.165) is 4.47 Å². The van der Waals surface area contributed by atoms with Gasteiger partial charge in [0.25, 0.3) is 5.56 Å². The lowest BCUT2D eigenvalue weighted by Gasteiger charge is -2.15. The van der Waals surface area contributed by atoms with E-state index in [1.165, 1.54) is 17.8 Å². The quantitative estimate of drug-likeness (QED) is 0.865. The summed E-state index contributed by atoms with van der Waals surface area (Å²) in [4.78, 5) is 23.4. The van der Waals surface area contributed by atoms with Crippen LogP contribution in [0.1, 0.15) is 15.9 Å². The van der Waals surface area contributed by atoms with Gasteiger partial charge in [-0.1, -0.05) is 27.5 Å². The highest BCUT2D eigenvalue weighted by atomic mass is 79.9. The fourth-order valence-electron chi connectivity index (χ4n) is 1.94. The number of carbonyl (C=O) groups is 1. The third-order valence-electron chi connectivity index (χ3n) is 3.03. The van der Waals surface area contributed by atoms with Gasteiger partial charge in [0.15, 0.2) is 0 Å². The lowest BCUT2D eigenvalue weighted by Crippen LogP contribution is -2.23. The molecule has 0 radical (unpaired) electrons. The van der Waals surface area contributed by atoms with E-state index in [1.807, 2.05) is 0 Å². The summed E-state index contributed by atoms with van der Waals surface area (Å²) in [6.07, 6.45) is 1.28. The number of nitrogens with one attached hydrogen (secondary N) is 1.